The molecule has 5 nitrogen and oxygen atoms in total. The van der Waals surface area contributed by atoms with E-state index in [0.29, 0.717) is 16.4 Å². The van der Waals surface area contributed by atoms with E-state index in [9.17, 15) is 9.59 Å². The van der Waals surface area contributed by atoms with Crippen LogP contribution in [0.1, 0.15) is 22.3 Å². The fourth-order valence-electron chi connectivity index (χ4n) is 2.14. The summed E-state index contributed by atoms with van der Waals surface area (Å²) in [5, 5.41) is 0.460. The minimum atomic E-state index is -0.777. The molecule has 1 amide bonds. The quantitative estimate of drug-likeness (QED) is 0.781. The third-order valence-electron chi connectivity index (χ3n) is 3.31. The van der Waals surface area contributed by atoms with E-state index in [1.54, 1.807) is 30.5 Å². The van der Waals surface area contributed by atoms with E-state index < -0.39 is 11.9 Å². The summed E-state index contributed by atoms with van der Waals surface area (Å²) in [5.41, 5.74) is 2.08. The number of nitrogens with zero attached hydrogens (tertiary/aromatic N) is 3. The number of hydrogen-bond acceptors (Lipinski definition) is 4. The van der Waals surface area contributed by atoms with Gasteiger partial charge in [-0.25, -0.2) is 9.98 Å². The van der Waals surface area contributed by atoms with Gasteiger partial charge in [-0.05, 0) is 19.1 Å². The van der Waals surface area contributed by atoms with Crippen LogP contribution in [0.3, 0.4) is 0 Å². The summed E-state index contributed by atoms with van der Waals surface area (Å²) < 4.78 is 0. The van der Waals surface area contributed by atoms with Crippen LogP contribution in [0.2, 0.25) is 0 Å². The van der Waals surface area contributed by atoms with Gasteiger partial charge in [-0.1, -0.05) is 29.8 Å². The molecule has 2 heterocycles. The lowest BCUT2D eigenvalue weighted by Gasteiger charge is -2.10. The SMILES string of the molecule is Cc1ccc(C(=O)CC2N=c3ncccc3=NC2=O)cc1. The van der Waals surface area contributed by atoms with Crippen molar-refractivity contribution in [3.63, 3.8) is 0 Å². The number of amides is 1. The molecule has 1 aromatic carbocycles. The van der Waals surface area contributed by atoms with Crippen LogP contribution in [-0.4, -0.2) is 22.7 Å². The predicted octanol–water partition coefficient (Wildman–Crippen LogP) is 0.811. The molecule has 1 atom stereocenters. The monoisotopic (exact) mass is 279 g/mol. The van der Waals surface area contributed by atoms with Gasteiger partial charge < -0.3 is 0 Å². The lowest BCUT2D eigenvalue weighted by Crippen LogP contribution is -2.39. The van der Waals surface area contributed by atoms with Crippen molar-refractivity contribution in [3.05, 3.63) is 64.6 Å². The van der Waals surface area contributed by atoms with Crippen molar-refractivity contribution in [3.8, 4) is 0 Å². The molecule has 0 bridgehead atoms. The number of pyridine rings is 1. The number of carbonyl (C=O) groups is 2. The lowest BCUT2D eigenvalue weighted by molar-refractivity contribution is -0.119. The highest BCUT2D eigenvalue weighted by Crippen LogP contribution is 2.10. The lowest BCUT2D eigenvalue weighted by atomic mass is 10.0. The average Bonchev–Trinajstić information content (AvgIpc) is 2.48. The molecule has 0 radical (unpaired) electrons. The van der Waals surface area contributed by atoms with Gasteiger partial charge in [0.25, 0.3) is 5.91 Å². The van der Waals surface area contributed by atoms with Crippen LogP contribution in [-0.2, 0) is 4.79 Å². The van der Waals surface area contributed by atoms with Gasteiger partial charge in [0, 0.05) is 18.2 Å². The van der Waals surface area contributed by atoms with Crippen molar-refractivity contribution < 1.29 is 9.59 Å². The first kappa shape index (κ1) is 13.3. The molecular formula is C16H13N3O2. The molecule has 1 aliphatic heterocycles. The highest BCUT2D eigenvalue weighted by molar-refractivity contribution is 5.99. The van der Waals surface area contributed by atoms with Gasteiger partial charge in [0.15, 0.2) is 11.3 Å². The van der Waals surface area contributed by atoms with Crippen LogP contribution in [0.4, 0.5) is 0 Å². The zero-order valence-electron chi connectivity index (χ0n) is 11.5. The number of fused-ring (bicyclic) bond motifs is 1. The van der Waals surface area contributed by atoms with Crippen LogP contribution in [0.25, 0.3) is 0 Å². The minimum absolute atomic E-state index is 0.0153. The molecule has 5 heteroatoms. The maximum atomic E-state index is 12.2. The van der Waals surface area contributed by atoms with Gasteiger partial charge in [-0.2, -0.15) is 0 Å². The normalized spacial score (nSPS) is 16.6. The summed E-state index contributed by atoms with van der Waals surface area (Å²) in [6.07, 6.45) is 1.61. The second-order valence-corrected chi connectivity index (χ2v) is 4.93. The summed E-state index contributed by atoms with van der Waals surface area (Å²) >= 11 is 0. The number of rotatable bonds is 3. The van der Waals surface area contributed by atoms with Gasteiger partial charge in [0.05, 0.1) is 0 Å². The van der Waals surface area contributed by atoms with E-state index in [1.807, 2.05) is 19.1 Å². The summed E-state index contributed by atoms with van der Waals surface area (Å²) in [5.74, 6) is -0.511. The molecule has 0 N–H and O–H groups in total. The number of benzene rings is 1. The summed E-state index contributed by atoms with van der Waals surface area (Å²) in [6.45, 7) is 1.95. The second kappa shape index (κ2) is 5.36. The van der Waals surface area contributed by atoms with Crippen LogP contribution >= 0.6 is 0 Å². The number of aromatic nitrogens is 1. The number of Topliss-reactive ketones (excluding diaryl/α,β-unsaturated/α-hetero) is 1. The van der Waals surface area contributed by atoms with E-state index in [-0.39, 0.29) is 12.2 Å². The molecule has 2 aromatic rings. The molecule has 0 aliphatic carbocycles. The molecule has 0 saturated carbocycles. The molecule has 104 valence electrons. The van der Waals surface area contributed by atoms with Crippen molar-refractivity contribution in [2.75, 3.05) is 0 Å². The zero-order chi connectivity index (χ0) is 14.8. The van der Waals surface area contributed by atoms with Crippen LogP contribution < -0.4 is 10.8 Å². The van der Waals surface area contributed by atoms with Gasteiger partial charge in [-0.3, -0.25) is 14.6 Å². The Morgan fingerprint density at radius 2 is 1.95 bits per heavy atom. The molecule has 1 aromatic heterocycles. The maximum absolute atomic E-state index is 12.2. The molecule has 0 spiro atoms. The van der Waals surface area contributed by atoms with Gasteiger partial charge >= 0.3 is 0 Å². The molecule has 0 saturated heterocycles. The summed E-state index contributed by atoms with van der Waals surface area (Å²) in [4.78, 5) is 36.4. The van der Waals surface area contributed by atoms with Gasteiger partial charge in [0.2, 0.25) is 0 Å². The Kier molecular flexibility index (Phi) is 3.39. The van der Waals surface area contributed by atoms with Crippen LogP contribution in [0.15, 0.2) is 52.6 Å². The first-order chi connectivity index (χ1) is 10.1. The first-order valence-electron chi connectivity index (χ1n) is 6.65. The van der Waals surface area contributed by atoms with Crippen molar-refractivity contribution in [1.82, 2.24) is 4.98 Å². The molecule has 1 unspecified atom stereocenters. The Hall–Kier alpha value is -2.69. The fourth-order valence-corrected chi connectivity index (χ4v) is 2.14. The Balaban J connectivity index is 1.85. The molecular weight excluding hydrogens is 266 g/mol. The van der Waals surface area contributed by atoms with E-state index in [1.165, 1.54) is 0 Å². The van der Waals surface area contributed by atoms with Crippen LogP contribution in [0, 0.1) is 6.92 Å². The Morgan fingerprint density at radius 1 is 1.19 bits per heavy atom. The Labute approximate surface area is 121 Å². The van der Waals surface area contributed by atoms with E-state index in [0.717, 1.165) is 5.56 Å². The Bertz CT molecular complexity index is 825. The fraction of sp³-hybridized carbons (Fsp3) is 0.188. The van der Waals surface area contributed by atoms with Crippen molar-refractivity contribution in [2.45, 2.75) is 19.4 Å². The van der Waals surface area contributed by atoms with Gasteiger partial charge in [-0.15, -0.1) is 0 Å². The average molecular weight is 279 g/mol. The third-order valence-corrected chi connectivity index (χ3v) is 3.31. The van der Waals surface area contributed by atoms with E-state index in [2.05, 4.69) is 15.0 Å². The zero-order valence-corrected chi connectivity index (χ0v) is 11.5. The predicted molar refractivity (Wildman–Crippen MR) is 75.5 cm³/mol. The molecule has 0 fully saturated rings. The number of aryl methyl sites for hydroxylation is 1. The Morgan fingerprint density at radius 3 is 2.71 bits per heavy atom. The van der Waals surface area contributed by atoms with Crippen molar-refractivity contribution >= 4 is 11.7 Å². The maximum Gasteiger partial charge on any atom is 0.271 e. The molecule has 21 heavy (non-hydrogen) atoms. The van der Waals surface area contributed by atoms with E-state index in [4.69, 9.17) is 0 Å². The second-order valence-electron chi connectivity index (χ2n) is 4.93. The number of hydrogen-bond donors (Lipinski definition) is 0. The molecule has 1 aliphatic rings. The third kappa shape index (κ3) is 2.76. The molecule has 3 rings (SSSR count). The largest absolute Gasteiger partial charge is 0.294 e. The number of carbonyl (C=O) groups excluding carboxylic acids is 2. The summed E-state index contributed by atoms with van der Waals surface area (Å²) in [6, 6.07) is 9.86. The van der Waals surface area contributed by atoms with Crippen molar-refractivity contribution in [1.29, 1.82) is 0 Å². The topological polar surface area (TPSA) is 71.8 Å². The minimum Gasteiger partial charge on any atom is -0.294 e. The standard InChI is InChI=1S/C16H13N3O2/c1-10-4-6-11(7-5-10)14(20)9-13-16(21)19-12-3-2-8-17-15(12)18-13/h2-8,13H,9H2,1H3. The van der Waals surface area contributed by atoms with Crippen molar-refractivity contribution in [2.24, 2.45) is 9.98 Å². The number of ketones is 1. The first-order valence-corrected chi connectivity index (χ1v) is 6.65. The highest BCUT2D eigenvalue weighted by atomic mass is 16.2. The van der Waals surface area contributed by atoms with E-state index >= 15 is 0 Å². The smallest absolute Gasteiger partial charge is 0.271 e. The summed E-state index contributed by atoms with van der Waals surface area (Å²) in [7, 11) is 0. The van der Waals surface area contributed by atoms with Crippen LogP contribution in [0.5, 0.6) is 0 Å². The van der Waals surface area contributed by atoms with Gasteiger partial charge in [0.1, 0.15) is 11.4 Å². The highest BCUT2D eigenvalue weighted by Gasteiger charge is 2.23.